The van der Waals surface area contributed by atoms with Crippen LogP contribution in [0.4, 0.5) is 26.3 Å². The standard InChI is InChI=1S/C21H14ClF3N4O2S.C11H11ClN2S.C10H5F3N2O3/c22-15-6-4-12(5-7-15)19-27-16(11-32-19)8-9-26-18(30)14-3-1-2-13(10-14)17-28-20(31-29-17)21(23,24)25;12-9-3-1-8(2-4-9)11-14-10(5-6-13)7-15-11;11-10(12,13)9-14-7(15-18-9)5-2-1-3-6(4-5)8(16)17/h1-7,10-11H,8-9H2,(H,26,30);1-4,7H,5-6,13H2;1-4H,(H,16,17). The van der Waals surface area contributed by atoms with E-state index in [1.165, 1.54) is 47.7 Å². The van der Waals surface area contributed by atoms with E-state index in [0.717, 1.165) is 50.0 Å². The van der Waals surface area contributed by atoms with E-state index in [1.807, 2.05) is 41.8 Å². The van der Waals surface area contributed by atoms with Gasteiger partial charge in [-0.15, -0.1) is 22.7 Å². The number of carboxylic acids is 1. The summed E-state index contributed by atoms with van der Waals surface area (Å²) in [5.74, 6) is -5.05. The summed E-state index contributed by atoms with van der Waals surface area (Å²) >= 11 is 14.9. The molecule has 0 saturated heterocycles. The predicted molar refractivity (Wildman–Crippen MR) is 230 cm³/mol. The Kier molecular flexibility index (Phi) is 15.8. The Balaban J connectivity index is 0.000000178. The van der Waals surface area contributed by atoms with Gasteiger partial charge >= 0.3 is 30.1 Å². The van der Waals surface area contributed by atoms with Crippen molar-refractivity contribution in [1.29, 1.82) is 0 Å². The van der Waals surface area contributed by atoms with Crippen LogP contribution in [-0.2, 0) is 25.2 Å². The summed E-state index contributed by atoms with van der Waals surface area (Å²) in [7, 11) is 0. The third kappa shape index (κ3) is 13.5. The average molecular weight is 976 g/mol. The van der Waals surface area contributed by atoms with Gasteiger partial charge in [0.2, 0.25) is 11.6 Å². The predicted octanol–water partition coefficient (Wildman–Crippen LogP) is 10.9. The third-order valence-electron chi connectivity index (χ3n) is 8.44. The fourth-order valence-electron chi connectivity index (χ4n) is 5.35. The molecule has 1 amide bonds. The Bertz CT molecular complexity index is 2850. The van der Waals surface area contributed by atoms with Crippen molar-refractivity contribution in [3.8, 4) is 43.9 Å². The molecule has 4 heterocycles. The van der Waals surface area contributed by atoms with Gasteiger partial charge in [0.15, 0.2) is 0 Å². The van der Waals surface area contributed by atoms with Gasteiger partial charge in [-0.3, -0.25) is 4.79 Å². The van der Waals surface area contributed by atoms with Gasteiger partial charge in [-0.2, -0.15) is 36.3 Å². The maximum absolute atomic E-state index is 12.6. The molecule has 0 aliphatic carbocycles. The van der Waals surface area contributed by atoms with Gasteiger partial charge in [0, 0.05) is 68.0 Å². The van der Waals surface area contributed by atoms with Crippen molar-refractivity contribution in [2.75, 3.05) is 13.1 Å². The maximum atomic E-state index is 12.6. The number of alkyl halides is 6. The number of hydrogen-bond donors (Lipinski definition) is 3. The number of aromatic nitrogens is 6. The first kappa shape index (κ1) is 47.9. The number of amides is 1. The van der Waals surface area contributed by atoms with E-state index in [0.29, 0.717) is 24.5 Å². The lowest BCUT2D eigenvalue weighted by molar-refractivity contribution is -0.160. The topological polar surface area (TPSA) is 196 Å². The molecule has 0 aliphatic heterocycles. The first-order valence-electron chi connectivity index (χ1n) is 18.6. The number of benzene rings is 4. The van der Waals surface area contributed by atoms with Gasteiger partial charge in [0.05, 0.1) is 17.0 Å². The van der Waals surface area contributed by atoms with Crippen LogP contribution in [0.5, 0.6) is 0 Å². The maximum Gasteiger partial charge on any atom is 0.471 e. The minimum atomic E-state index is -4.73. The first-order chi connectivity index (χ1) is 31.0. The highest BCUT2D eigenvalue weighted by Crippen LogP contribution is 2.31. The highest BCUT2D eigenvalue weighted by Gasteiger charge is 2.39. The lowest BCUT2D eigenvalue weighted by atomic mass is 10.1. The van der Waals surface area contributed by atoms with E-state index in [-0.39, 0.29) is 39.8 Å². The molecule has 8 aromatic rings. The molecular weight excluding hydrogens is 946 g/mol. The van der Waals surface area contributed by atoms with Gasteiger partial charge < -0.3 is 25.2 Å². The van der Waals surface area contributed by atoms with Crippen molar-refractivity contribution in [2.45, 2.75) is 25.2 Å². The van der Waals surface area contributed by atoms with E-state index < -0.39 is 30.1 Å². The minimum Gasteiger partial charge on any atom is -0.478 e. The van der Waals surface area contributed by atoms with E-state index >= 15 is 0 Å². The molecule has 336 valence electrons. The van der Waals surface area contributed by atoms with Gasteiger partial charge in [-0.05, 0) is 55.1 Å². The van der Waals surface area contributed by atoms with Gasteiger partial charge in [-0.25, -0.2) is 14.8 Å². The molecule has 0 saturated carbocycles. The monoisotopic (exact) mass is 974 g/mol. The van der Waals surface area contributed by atoms with Crippen molar-refractivity contribution in [2.24, 2.45) is 5.73 Å². The Hall–Kier alpha value is -6.52. The number of nitrogens with zero attached hydrogens (tertiary/aromatic N) is 6. The Morgan fingerprint density at radius 2 is 1.08 bits per heavy atom. The largest absolute Gasteiger partial charge is 0.478 e. The van der Waals surface area contributed by atoms with Gasteiger partial charge in [-0.1, -0.05) is 82.0 Å². The summed E-state index contributed by atoms with van der Waals surface area (Å²) < 4.78 is 82.9. The molecule has 13 nitrogen and oxygen atoms in total. The molecule has 0 bridgehead atoms. The van der Waals surface area contributed by atoms with E-state index in [9.17, 15) is 35.9 Å². The first-order valence-corrected chi connectivity index (χ1v) is 21.1. The zero-order valence-electron chi connectivity index (χ0n) is 32.9. The fraction of sp³-hybridized carbons (Fsp3) is 0.143. The van der Waals surface area contributed by atoms with Crippen LogP contribution in [0.15, 0.2) is 117 Å². The summed E-state index contributed by atoms with van der Waals surface area (Å²) in [6.45, 7) is 0.983. The van der Waals surface area contributed by atoms with Crippen LogP contribution in [-0.4, -0.2) is 60.3 Å². The van der Waals surface area contributed by atoms with Gasteiger partial charge in [0.25, 0.3) is 5.91 Å². The highest BCUT2D eigenvalue weighted by atomic mass is 35.5. The van der Waals surface area contributed by atoms with Crippen LogP contribution in [0.25, 0.3) is 43.9 Å². The summed E-state index contributed by atoms with van der Waals surface area (Å²) in [5, 5.41) is 25.3. The number of rotatable bonds is 11. The molecule has 4 aromatic carbocycles. The number of carbonyl (C=O) groups excluding carboxylic acids is 1. The molecule has 8 rings (SSSR count). The van der Waals surface area contributed by atoms with Crippen molar-refractivity contribution in [1.82, 2.24) is 35.6 Å². The summed E-state index contributed by atoms with van der Waals surface area (Å²) in [6.07, 6.45) is -8.10. The Morgan fingerprint density at radius 1 is 0.631 bits per heavy atom. The fourth-order valence-corrected chi connectivity index (χ4v) is 7.32. The van der Waals surface area contributed by atoms with E-state index in [2.05, 4.69) is 50.0 Å². The van der Waals surface area contributed by atoms with Crippen LogP contribution in [0.1, 0.15) is 43.9 Å². The number of hydrogen-bond acceptors (Lipinski definition) is 13. The second kappa shape index (κ2) is 21.4. The zero-order valence-corrected chi connectivity index (χ0v) is 36.0. The third-order valence-corrected chi connectivity index (χ3v) is 10.8. The molecule has 0 unspecified atom stereocenters. The summed E-state index contributed by atoms with van der Waals surface area (Å²) in [6, 6.07) is 26.3. The van der Waals surface area contributed by atoms with Crippen molar-refractivity contribution in [3.05, 3.63) is 152 Å². The molecule has 0 atom stereocenters. The number of carboxylic acid groups (broad SMARTS) is 1. The number of aromatic carboxylic acids is 1. The number of carbonyl (C=O) groups is 2. The van der Waals surface area contributed by atoms with Crippen LogP contribution < -0.4 is 11.1 Å². The SMILES string of the molecule is NCCc1csc(-c2ccc(Cl)cc2)n1.O=C(NCCc1csc(-c2ccc(Cl)cc2)n1)c1cccc(-c2noc(C(F)(F)F)n2)c1.O=C(O)c1cccc(-c2noc(C(F)(F)F)n2)c1. The number of thiazole rings is 2. The van der Waals surface area contributed by atoms with Crippen LogP contribution in [0.2, 0.25) is 10.0 Å². The average Bonchev–Trinajstić information content (AvgIpc) is 4.13. The Labute approximate surface area is 381 Å². The second-order valence-corrected chi connectivity index (χ2v) is 15.7. The van der Waals surface area contributed by atoms with Crippen molar-refractivity contribution < 1.29 is 50.1 Å². The lowest BCUT2D eigenvalue weighted by Gasteiger charge is -2.05. The molecule has 23 heteroatoms. The van der Waals surface area contributed by atoms with Crippen molar-refractivity contribution >= 4 is 57.8 Å². The molecule has 0 aliphatic rings. The second-order valence-electron chi connectivity index (χ2n) is 13.2. The number of halogens is 8. The van der Waals surface area contributed by atoms with Crippen LogP contribution in [0, 0.1) is 0 Å². The Morgan fingerprint density at radius 3 is 1.51 bits per heavy atom. The van der Waals surface area contributed by atoms with Crippen molar-refractivity contribution in [3.63, 3.8) is 0 Å². The quantitative estimate of drug-likeness (QED) is 0.104. The normalized spacial score (nSPS) is 11.3. The molecular formula is C42H30Cl2F6N8O5S2. The van der Waals surface area contributed by atoms with Crippen LogP contribution >= 0.6 is 45.9 Å². The smallest absolute Gasteiger partial charge is 0.471 e. The lowest BCUT2D eigenvalue weighted by Crippen LogP contribution is -2.25. The van der Waals surface area contributed by atoms with Crippen LogP contribution in [0.3, 0.4) is 0 Å². The molecule has 4 N–H and O–H groups in total. The highest BCUT2D eigenvalue weighted by molar-refractivity contribution is 7.13. The molecule has 0 fully saturated rings. The van der Waals surface area contributed by atoms with E-state index in [4.69, 9.17) is 34.0 Å². The van der Waals surface area contributed by atoms with E-state index in [1.54, 1.807) is 29.5 Å². The number of nitrogens with one attached hydrogen (secondary N) is 1. The molecule has 4 aromatic heterocycles. The molecule has 0 spiro atoms. The summed E-state index contributed by atoms with van der Waals surface area (Å²) in [4.78, 5) is 38.7. The minimum absolute atomic E-state index is 0.0779. The number of nitrogens with two attached hydrogens (primary N) is 1. The molecule has 0 radical (unpaired) electrons. The summed E-state index contributed by atoms with van der Waals surface area (Å²) in [5.41, 5.74) is 10.00. The zero-order chi connectivity index (χ0) is 46.7. The molecule has 65 heavy (non-hydrogen) atoms. The van der Waals surface area contributed by atoms with Gasteiger partial charge in [0.1, 0.15) is 10.0 Å².